The first-order valence-electron chi connectivity index (χ1n) is 5.25. The van der Waals surface area contributed by atoms with Crippen LogP contribution in [0.3, 0.4) is 0 Å². The molecule has 0 aliphatic carbocycles. The SMILES string of the molecule is CC(C)n1ncc(Oc2ccccc2Cl)c1Br. The average Bonchev–Trinajstić information content (AvgIpc) is 2.64. The number of rotatable bonds is 3. The van der Waals surface area contributed by atoms with Gasteiger partial charge in [-0.2, -0.15) is 5.10 Å². The molecule has 0 amide bonds. The summed E-state index contributed by atoms with van der Waals surface area (Å²) in [5.74, 6) is 1.28. The van der Waals surface area contributed by atoms with Crippen LogP contribution in [0.25, 0.3) is 0 Å². The van der Waals surface area contributed by atoms with Gasteiger partial charge in [0.2, 0.25) is 0 Å². The Morgan fingerprint density at radius 3 is 2.59 bits per heavy atom. The summed E-state index contributed by atoms with van der Waals surface area (Å²) in [6, 6.07) is 7.62. The van der Waals surface area contributed by atoms with Crippen molar-refractivity contribution in [1.29, 1.82) is 0 Å². The molecule has 0 bridgehead atoms. The molecule has 0 saturated heterocycles. The van der Waals surface area contributed by atoms with Gasteiger partial charge in [-0.3, -0.25) is 4.68 Å². The molecule has 3 nitrogen and oxygen atoms in total. The number of para-hydroxylation sites is 1. The van der Waals surface area contributed by atoms with Crippen LogP contribution in [0.1, 0.15) is 19.9 Å². The highest BCUT2D eigenvalue weighted by Gasteiger charge is 2.13. The molecule has 0 saturated carbocycles. The summed E-state index contributed by atoms with van der Waals surface area (Å²) in [5.41, 5.74) is 0. The van der Waals surface area contributed by atoms with E-state index in [4.69, 9.17) is 16.3 Å². The highest BCUT2D eigenvalue weighted by molar-refractivity contribution is 9.10. The fourth-order valence-electron chi connectivity index (χ4n) is 1.41. The summed E-state index contributed by atoms with van der Waals surface area (Å²) >= 11 is 9.49. The molecule has 1 heterocycles. The summed E-state index contributed by atoms with van der Waals surface area (Å²) in [4.78, 5) is 0. The third-order valence-electron chi connectivity index (χ3n) is 2.25. The molecule has 0 fully saturated rings. The Labute approximate surface area is 113 Å². The number of hydrogen-bond donors (Lipinski definition) is 0. The monoisotopic (exact) mass is 314 g/mol. The number of hydrogen-bond acceptors (Lipinski definition) is 2. The van der Waals surface area contributed by atoms with Crippen LogP contribution in [-0.2, 0) is 0 Å². The van der Waals surface area contributed by atoms with Crippen LogP contribution in [-0.4, -0.2) is 9.78 Å². The van der Waals surface area contributed by atoms with Gasteiger partial charge in [0.1, 0.15) is 10.4 Å². The van der Waals surface area contributed by atoms with Gasteiger partial charge in [0.05, 0.1) is 11.2 Å². The molecular weight excluding hydrogens is 304 g/mol. The lowest BCUT2D eigenvalue weighted by Gasteiger charge is -2.08. The Morgan fingerprint density at radius 2 is 2.00 bits per heavy atom. The van der Waals surface area contributed by atoms with Crippen molar-refractivity contribution >= 4 is 27.5 Å². The van der Waals surface area contributed by atoms with Gasteiger partial charge in [-0.15, -0.1) is 0 Å². The summed E-state index contributed by atoms with van der Waals surface area (Å²) < 4.78 is 8.36. The third kappa shape index (κ3) is 2.64. The van der Waals surface area contributed by atoms with E-state index in [0.717, 1.165) is 4.60 Å². The van der Waals surface area contributed by atoms with Crippen molar-refractivity contribution in [1.82, 2.24) is 9.78 Å². The van der Waals surface area contributed by atoms with Gasteiger partial charge in [0, 0.05) is 6.04 Å². The Bertz CT molecular complexity index is 525. The quantitative estimate of drug-likeness (QED) is 0.823. The fraction of sp³-hybridized carbons (Fsp3) is 0.250. The molecule has 0 spiro atoms. The third-order valence-corrected chi connectivity index (χ3v) is 3.32. The minimum absolute atomic E-state index is 0.271. The second kappa shape index (κ2) is 5.10. The first-order chi connectivity index (χ1) is 8.09. The zero-order valence-corrected chi connectivity index (χ0v) is 11.9. The maximum absolute atomic E-state index is 6.03. The van der Waals surface area contributed by atoms with Crippen LogP contribution >= 0.6 is 27.5 Å². The smallest absolute Gasteiger partial charge is 0.179 e. The predicted molar refractivity (Wildman–Crippen MR) is 71.8 cm³/mol. The van der Waals surface area contributed by atoms with E-state index < -0.39 is 0 Å². The van der Waals surface area contributed by atoms with E-state index in [1.807, 2.05) is 22.9 Å². The van der Waals surface area contributed by atoms with Gasteiger partial charge in [-0.05, 0) is 41.9 Å². The van der Waals surface area contributed by atoms with Crippen molar-refractivity contribution in [3.05, 3.63) is 40.1 Å². The Balaban J connectivity index is 2.28. The normalized spacial score (nSPS) is 10.9. The number of ether oxygens (including phenoxy) is 1. The van der Waals surface area contributed by atoms with E-state index in [1.165, 1.54) is 0 Å². The molecule has 0 aliphatic rings. The van der Waals surface area contributed by atoms with E-state index in [9.17, 15) is 0 Å². The first-order valence-corrected chi connectivity index (χ1v) is 6.42. The lowest BCUT2D eigenvalue weighted by molar-refractivity contribution is 0.470. The van der Waals surface area contributed by atoms with Gasteiger partial charge >= 0.3 is 0 Å². The van der Waals surface area contributed by atoms with Gasteiger partial charge < -0.3 is 4.74 Å². The maximum Gasteiger partial charge on any atom is 0.179 e. The van der Waals surface area contributed by atoms with E-state index in [2.05, 4.69) is 34.9 Å². The molecule has 0 N–H and O–H groups in total. The molecule has 1 aromatic carbocycles. The van der Waals surface area contributed by atoms with Gasteiger partial charge in [-0.1, -0.05) is 23.7 Å². The summed E-state index contributed by atoms with van der Waals surface area (Å²) in [6.07, 6.45) is 1.67. The number of aromatic nitrogens is 2. The second-order valence-electron chi connectivity index (χ2n) is 3.87. The topological polar surface area (TPSA) is 27.1 Å². The lowest BCUT2D eigenvalue weighted by Crippen LogP contribution is -2.02. The zero-order valence-electron chi connectivity index (χ0n) is 9.52. The molecule has 90 valence electrons. The standard InChI is InChI=1S/C12H12BrClN2O/c1-8(2)16-12(13)11(7-15-16)17-10-6-4-3-5-9(10)14/h3-8H,1-2H3. The fourth-order valence-corrected chi connectivity index (χ4v) is 2.26. The average molecular weight is 316 g/mol. The van der Waals surface area contributed by atoms with E-state index in [0.29, 0.717) is 16.5 Å². The summed E-state index contributed by atoms with van der Waals surface area (Å²) in [7, 11) is 0. The Hall–Kier alpha value is -1.000. The van der Waals surface area contributed by atoms with Crippen molar-refractivity contribution in [3.8, 4) is 11.5 Å². The highest BCUT2D eigenvalue weighted by Crippen LogP contribution is 2.34. The molecule has 2 rings (SSSR count). The zero-order chi connectivity index (χ0) is 12.4. The molecule has 0 radical (unpaired) electrons. The highest BCUT2D eigenvalue weighted by atomic mass is 79.9. The van der Waals surface area contributed by atoms with Crippen molar-refractivity contribution < 1.29 is 4.74 Å². The molecule has 0 unspecified atom stereocenters. The predicted octanol–water partition coefficient (Wildman–Crippen LogP) is 4.67. The van der Waals surface area contributed by atoms with Gasteiger partial charge in [-0.25, -0.2) is 0 Å². The summed E-state index contributed by atoms with van der Waals surface area (Å²) in [5, 5.41) is 4.82. The van der Waals surface area contributed by atoms with Crippen LogP contribution in [0, 0.1) is 0 Å². The van der Waals surface area contributed by atoms with Crippen LogP contribution in [0.2, 0.25) is 5.02 Å². The van der Waals surface area contributed by atoms with Gasteiger partial charge in [0.15, 0.2) is 5.75 Å². The summed E-state index contributed by atoms with van der Waals surface area (Å²) in [6.45, 7) is 4.11. The minimum atomic E-state index is 0.271. The first kappa shape index (κ1) is 12.5. The number of halogens is 2. The molecular formula is C12H12BrClN2O. The van der Waals surface area contributed by atoms with Gasteiger partial charge in [0.25, 0.3) is 0 Å². The van der Waals surface area contributed by atoms with Crippen molar-refractivity contribution in [2.45, 2.75) is 19.9 Å². The van der Waals surface area contributed by atoms with Crippen LogP contribution in [0.15, 0.2) is 35.1 Å². The largest absolute Gasteiger partial charge is 0.451 e. The number of benzene rings is 1. The molecule has 0 atom stereocenters. The van der Waals surface area contributed by atoms with Crippen molar-refractivity contribution in [2.75, 3.05) is 0 Å². The molecule has 17 heavy (non-hydrogen) atoms. The van der Waals surface area contributed by atoms with Crippen LogP contribution in [0.4, 0.5) is 0 Å². The Kier molecular flexibility index (Phi) is 3.74. The minimum Gasteiger partial charge on any atom is -0.451 e. The van der Waals surface area contributed by atoms with E-state index >= 15 is 0 Å². The second-order valence-corrected chi connectivity index (χ2v) is 5.03. The van der Waals surface area contributed by atoms with Crippen LogP contribution in [0.5, 0.6) is 11.5 Å². The molecule has 1 aromatic heterocycles. The van der Waals surface area contributed by atoms with Crippen molar-refractivity contribution in [3.63, 3.8) is 0 Å². The van der Waals surface area contributed by atoms with Crippen molar-refractivity contribution in [2.24, 2.45) is 0 Å². The molecule has 0 aliphatic heterocycles. The van der Waals surface area contributed by atoms with E-state index in [-0.39, 0.29) is 6.04 Å². The maximum atomic E-state index is 6.03. The van der Waals surface area contributed by atoms with Crippen LogP contribution < -0.4 is 4.74 Å². The number of nitrogens with zero attached hydrogens (tertiary/aromatic N) is 2. The Morgan fingerprint density at radius 1 is 1.29 bits per heavy atom. The van der Waals surface area contributed by atoms with E-state index in [1.54, 1.807) is 12.3 Å². The lowest BCUT2D eigenvalue weighted by atomic mass is 10.3. The molecule has 2 aromatic rings. The molecule has 5 heteroatoms.